The van der Waals surface area contributed by atoms with Crippen LogP contribution in [0.5, 0.6) is 5.75 Å². The number of alkyl halides is 2. The van der Waals surface area contributed by atoms with E-state index < -0.39 is 22.8 Å². The molecule has 3 aromatic heterocycles. The Balaban J connectivity index is 1.85. The van der Waals surface area contributed by atoms with E-state index >= 15 is 0 Å². The van der Waals surface area contributed by atoms with Crippen molar-refractivity contribution in [2.75, 3.05) is 0 Å². The highest BCUT2D eigenvalue weighted by Crippen LogP contribution is 2.31. The molecule has 0 amide bonds. The number of nitro groups is 1. The van der Waals surface area contributed by atoms with Crippen LogP contribution in [0.3, 0.4) is 0 Å². The minimum Gasteiger partial charge on any atom is -0.435 e. The Labute approximate surface area is 193 Å². The Morgan fingerprint density at radius 2 is 1.77 bits per heavy atom. The van der Waals surface area contributed by atoms with Crippen LogP contribution in [0.25, 0.3) is 33.9 Å². The van der Waals surface area contributed by atoms with Gasteiger partial charge in [0.05, 0.1) is 10.6 Å². The van der Waals surface area contributed by atoms with Crippen LogP contribution in [0.1, 0.15) is 0 Å². The van der Waals surface area contributed by atoms with Crippen molar-refractivity contribution >= 4 is 22.6 Å². The Bertz CT molecular complexity index is 1750. The van der Waals surface area contributed by atoms with Gasteiger partial charge in [-0.1, -0.05) is 12.1 Å². The van der Waals surface area contributed by atoms with Crippen LogP contribution in [-0.4, -0.2) is 34.6 Å². The first-order chi connectivity index (χ1) is 16.7. The molecule has 3 heterocycles. The minimum absolute atomic E-state index is 0.0615. The van der Waals surface area contributed by atoms with Crippen molar-refractivity contribution in [3.63, 3.8) is 0 Å². The van der Waals surface area contributed by atoms with Crippen LogP contribution in [0, 0.1) is 10.1 Å². The largest absolute Gasteiger partial charge is 0.435 e. The minimum atomic E-state index is -2.99. The quantitative estimate of drug-likeness (QED) is 0.281. The highest BCUT2D eigenvalue weighted by Gasteiger charge is 2.22. The number of hydrogen-bond acceptors (Lipinski definition) is 6. The molecule has 2 aromatic carbocycles. The molecule has 178 valence electrons. The molecule has 0 atom stereocenters. The van der Waals surface area contributed by atoms with Crippen molar-refractivity contribution in [2.24, 2.45) is 14.1 Å². The van der Waals surface area contributed by atoms with E-state index in [1.165, 1.54) is 65.5 Å². The van der Waals surface area contributed by atoms with Crippen molar-refractivity contribution < 1.29 is 18.4 Å². The second kappa shape index (κ2) is 7.90. The molecule has 0 aliphatic heterocycles. The number of nitrogens with zero attached hydrogens (tertiary/aromatic N) is 6. The Hall–Kier alpha value is -4.81. The second-order valence-electron chi connectivity index (χ2n) is 7.69. The molecule has 13 heteroatoms. The molecular weight excluding hydrogens is 466 g/mol. The summed E-state index contributed by atoms with van der Waals surface area (Å²) in [6.45, 7) is -2.99. The van der Waals surface area contributed by atoms with Gasteiger partial charge in [-0.2, -0.15) is 13.8 Å². The Kier molecular flexibility index (Phi) is 4.97. The number of aromatic nitrogens is 5. The average Bonchev–Trinajstić information content (AvgIpc) is 3.38. The zero-order valence-electron chi connectivity index (χ0n) is 18.3. The van der Waals surface area contributed by atoms with Crippen molar-refractivity contribution in [1.82, 2.24) is 23.1 Å². The molecule has 0 unspecified atom stereocenters. The monoisotopic (exact) mass is 482 g/mol. The molecule has 35 heavy (non-hydrogen) atoms. The van der Waals surface area contributed by atoms with Crippen LogP contribution in [0.4, 0.5) is 14.5 Å². The van der Waals surface area contributed by atoms with Crippen LogP contribution < -0.4 is 16.0 Å². The zero-order valence-corrected chi connectivity index (χ0v) is 18.3. The molecule has 0 radical (unpaired) electrons. The van der Waals surface area contributed by atoms with Gasteiger partial charge in [0.1, 0.15) is 5.75 Å². The zero-order chi connectivity index (χ0) is 25.0. The predicted octanol–water partition coefficient (Wildman–Crippen LogP) is 2.85. The first-order valence-corrected chi connectivity index (χ1v) is 10.2. The van der Waals surface area contributed by atoms with E-state index in [1.54, 1.807) is 16.8 Å². The van der Waals surface area contributed by atoms with Crippen molar-refractivity contribution in [1.29, 1.82) is 0 Å². The molecule has 0 saturated heterocycles. The van der Waals surface area contributed by atoms with Crippen LogP contribution >= 0.6 is 0 Å². The topological polar surface area (TPSA) is 119 Å². The Morgan fingerprint density at radius 1 is 1.06 bits per heavy atom. The highest BCUT2D eigenvalue weighted by atomic mass is 19.3. The number of nitro benzene ring substituents is 1. The van der Waals surface area contributed by atoms with Crippen LogP contribution in [0.2, 0.25) is 0 Å². The third-order valence-corrected chi connectivity index (χ3v) is 5.64. The fraction of sp³-hybridized carbons (Fsp3) is 0.136. The number of non-ortho nitro benzene ring substituents is 1. The van der Waals surface area contributed by atoms with Gasteiger partial charge in [-0.25, -0.2) is 4.79 Å². The maximum Gasteiger partial charge on any atom is 0.387 e. The number of aryl methyl sites for hydroxylation is 1. The summed E-state index contributed by atoms with van der Waals surface area (Å²) < 4.78 is 34.9. The number of benzene rings is 2. The average molecular weight is 482 g/mol. The normalized spacial score (nSPS) is 11.6. The maximum absolute atomic E-state index is 13.0. The number of hydrogen-bond donors (Lipinski definition) is 0. The van der Waals surface area contributed by atoms with E-state index in [-0.39, 0.29) is 28.4 Å². The first kappa shape index (κ1) is 22.0. The number of rotatable bonds is 5. The second-order valence-corrected chi connectivity index (χ2v) is 7.69. The molecule has 0 N–H and O–H groups in total. The molecule has 5 aromatic rings. The molecular formula is C22H16F2N6O5. The lowest BCUT2D eigenvalue weighted by atomic mass is 10.1. The predicted molar refractivity (Wildman–Crippen MR) is 121 cm³/mol. The molecule has 0 bridgehead atoms. The molecule has 0 spiro atoms. The van der Waals surface area contributed by atoms with Gasteiger partial charge in [0, 0.05) is 43.7 Å². The van der Waals surface area contributed by atoms with Gasteiger partial charge in [0.25, 0.3) is 11.2 Å². The molecule has 0 fully saturated rings. The van der Waals surface area contributed by atoms with E-state index in [0.29, 0.717) is 16.9 Å². The van der Waals surface area contributed by atoms with Crippen molar-refractivity contribution in [3.05, 3.63) is 85.7 Å². The lowest BCUT2D eigenvalue weighted by molar-refractivity contribution is -0.384. The molecule has 5 rings (SSSR count). The summed E-state index contributed by atoms with van der Waals surface area (Å²) in [5, 5.41) is 11.3. The van der Waals surface area contributed by atoms with Gasteiger partial charge in [-0.15, -0.1) is 0 Å². The highest BCUT2D eigenvalue weighted by molar-refractivity contribution is 5.80. The SMILES string of the molecule is Cn1c(=O)c2c(nc3n(-c4ccc(OC(F)F)cc4)c(-c4cccc([N+](=O)[O-])c4)cn23)n(C)c1=O. The molecule has 0 saturated carbocycles. The van der Waals surface area contributed by atoms with E-state index in [1.807, 2.05) is 0 Å². The number of fused-ring (bicyclic) bond motifs is 3. The van der Waals surface area contributed by atoms with Gasteiger partial charge >= 0.3 is 12.3 Å². The molecule has 11 nitrogen and oxygen atoms in total. The summed E-state index contributed by atoms with van der Waals surface area (Å²) in [6, 6.07) is 11.6. The fourth-order valence-corrected chi connectivity index (χ4v) is 3.98. The smallest absolute Gasteiger partial charge is 0.387 e. The van der Waals surface area contributed by atoms with Gasteiger partial charge in [0.15, 0.2) is 11.2 Å². The summed E-state index contributed by atoms with van der Waals surface area (Å²) in [5.74, 6) is 0.177. The number of imidazole rings is 2. The van der Waals surface area contributed by atoms with Crippen molar-refractivity contribution in [2.45, 2.75) is 6.61 Å². The van der Waals surface area contributed by atoms with Gasteiger partial charge < -0.3 is 4.74 Å². The lowest BCUT2D eigenvalue weighted by Gasteiger charge is -2.10. The van der Waals surface area contributed by atoms with Crippen molar-refractivity contribution in [3.8, 4) is 22.7 Å². The van der Waals surface area contributed by atoms with E-state index in [2.05, 4.69) is 9.72 Å². The third-order valence-electron chi connectivity index (χ3n) is 5.64. The summed E-state index contributed by atoms with van der Waals surface area (Å²) in [6.07, 6.45) is 1.58. The molecule has 0 aliphatic rings. The summed E-state index contributed by atoms with van der Waals surface area (Å²) >= 11 is 0. The Morgan fingerprint density at radius 3 is 2.43 bits per heavy atom. The van der Waals surface area contributed by atoms with Gasteiger partial charge in [0.2, 0.25) is 5.78 Å². The van der Waals surface area contributed by atoms with E-state index in [9.17, 15) is 28.5 Å². The summed E-state index contributed by atoms with van der Waals surface area (Å²) in [7, 11) is 2.84. The molecule has 0 aliphatic carbocycles. The van der Waals surface area contributed by atoms with E-state index in [0.717, 1.165) is 4.57 Å². The number of ether oxygens (including phenoxy) is 1. The maximum atomic E-state index is 13.0. The van der Waals surface area contributed by atoms with Crippen LogP contribution in [0.15, 0.2) is 64.3 Å². The van der Waals surface area contributed by atoms with E-state index in [4.69, 9.17) is 0 Å². The third kappa shape index (κ3) is 3.44. The number of halogens is 2. The fourth-order valence-electron chi connectivity index (χ4n) is 3.98. The van der Waals surface area contributed by atoms with Crippen LogP contribution in [-0.2, 0) is 14.1 Å². The summed E-state index contributed by atoms with van der Waals surface area (Å²) in [4.78, 5) is 40.7. The van der Waals surface area contributed by atoms with Gasteiger partial charge in [-0.05, 0) is 24.3 Å². The summed E-state index contributed by atoms with van der Waals surface area (Å²) in [5.41, 5.74) is 0.361. The first-order valence-electron chi connectivity index (χ1n) is 10.2. The van der Waals surface area contributed by atoms with Gasteiger partial charge in [-0.3, -0.25) is 33.0 Å². The standard InChI is InChI=1S/C22H16F2N6O5/c1-26-18-17(19(31)27(2)22(26)32)28-11-16(12-4-3-5-14(10-12)30(33)34)29(21(28)25-18)13-6-8-15(9-7-13)35-20(23)24/h3-11,20H,1-2H3. The lowest BCUT2D eigenvalue weighted by Crippen LogP contribution is -2.37.